The van der Waals surface area contributed by atoms with Gasteiger partial charge in [-0.3, -0.25) is 4.99 Å². The van der Waals surface area contributed by atoms with E-state index in [0.29, 0.717) is 5.76 Å². The van der Waals surface area contributed by atoms with E-state index in [4.69, 9.17) is 4.42 Å². The minimum Gasteiger partial charge on any atom is -0.467 e. The minimum absolute atomic E-state index is 0. The Morgan fingerprint density at radius 2 is 1.70 bits per heavy atom. The van der Waals surface area contributed by atoms with Crippen LogP contribution in [0.2, 0.25) is 0 Å². The van der Waals surface area contributed by atoms with Crippen molar-refractivity contribution >= 4 is 29.9 Å². The van der Waals surface area contributed by atoms with Crippen molar-refractivity contribution in [2.75, 3.05) is 7.05 Å². The first-order valence-corrected chi connectivity index (χ1v) is 6.31. The van der Waals surface area contributed by atoms with Crippen molar-refractivity contribution in [2.45, 2.75) is 13.1 Å². The predicted octanol–water partition coefficient (Wildman–Crippen LogP) is 3.32. The molecule has 1 heterocycles. The van der Waals surface area contributed by atoms with Gasteiger partial charge in [0.15, 0.2) is 29.2 Å². The molecule has 2 N–H and O–H groups in total. The molecule has 0 saturated heterocycles. The van der Waals surface area contributed by atoms with Gasteiger partial charge >= 0.3 is 0 Å². The number of nitrogens with zero attached hydrogens (tertiary/aromatic N) is 1. The first-order chi connectivity index (χ1) is 10.5. The van der Waals surface area contributed by atoms with Gasteiger partial charge in [0.2, 0.25) is 0 Å². The molecule has 0 spiro atoms. The van der Waals surface area contributed by atoms with Crippen LogP contribution in [0.4, 0.5) is 17.6 Å². The Bertz CT molecular complexity index is 651. The molecule has 0 aliphatic carbocycles. The molecule has 0 saturated carbocycles. The van der Waals surface area contributed by atoms with Gasteiger partial charge in [0.25, 0.3) is 0 Å². The molecule has 0 amide bonds. The monoisotopic (exact) mass is 443 g/mol. The van der Waals surface area contributed by atoms with E-state index in [0.717, 1.165) is 0 Å². The number of aliphatic imine (C=N–C) groups is 1. The Balaban J connectivity index is 0.00000264. The summed E-state index contributed by atoms with van der Waals surface area (Å²) in [5, 5.41) is 5.39. The highest BCUT2D eigenvalue weighted by atomic mass is 127. The average molecular weight is 443 g/mol. The van der Waals surface area contributed by atoms with Crippen molar-refractivity contribution < 1.29 is 22.0 Å². The van der Waals surface area contributed by atoms with Gasteiger partial charge in [-0.25, -0.2) is 17.6 Å². The first kappa shape index (κ1) is 19.3. The van der Waals surface area contributed by atoms with Gasteiger partial charge in [-0.1, -0.05) is 0 Å². The molecule has 4 nitrogen and oxygen atoms in total. The molecule has 0 fully saturated rings. The van der Waals surface area contributed by atoms with Crippen LogP contribution in [0.3, 0.4) is 0 Å². The Kier molecular flexibility index (Phi) is 7.33. The third-order valence-electron chi connectivity index (χ3n) is 2.87. The van der Waals surface area contributed by atoms with Crippen molar-refractivity contribution in [3.8, 4) is 0 Å². The predicted molar refractivity (Wildman–Crippen MR) is 87.4 cm³/mol. The number of nitrogens with one attached hydrogen (secondary N) is 2. The van der Waals surface area contributed by atoms with E-state index in [-0.39, 0.29) is 42.5 Å². The highest BCUT2D eigenvalue weighted by Gasteiger charge is 2.19. The maximum absolute atomic E-state index is 13.5. The fourth-order valence-corrected chi connectivity index (χ4v) is 1.75. The lowest BCUT2D eigenvalue weighted by molar-refractivity contribution is 0.436. The van der Waals surface area contributed by atoms with Gasteiger partial charge in [0.05, 0.1) is 12.8 Å². The molecule has 9 heteroatoms. The van der Waals surface area contributed by atoms with Crippen LogP contribution < -0.4 is 10.6 Å². The zero-order valence-electron chi connectivity index (χ0n) is 12.0. The fourth-order valence-electron chi connectivity index (χ4n) is 1.75. The third kappa shape index (κ3) is 4.85. The Labute approximate surface area is 147 Å². The number of hydrogen-bond acceptors (Lipinski definition) is 2. The number of halogens is 5. The second-order valence-electron chi connectivity index (χ2n) is 4.31. The SMILES string of the molecule is CN=C(NCc1ccco1)NCc1c(F)c(F)cc(F)c1F.I. The second kappa shape index (κ2) is 8.75. The van der Waals surface area contributed by atoms with Gasteiger partial charge in [0, 0.05) is 25.2 Å². The molecule has 2 rings (SSSR count). The molecule has 2 aromatic rings. The topological polar surface area (TPSA) is 49.6 Å². The van der Waals surface area contributed by atoms with Crippen molar-refractivity contribution in [2.24, 2.45) is 4.99 Å². The normalized spacial score (nSPS) is 11.1. The number of furan rings is 1. The molecule has 0 atom stereocenters. The number of guanidine groups is 1. The number of hydrogen-bond donors (Lipinski definition) is 2. The van der Waals surface area contributed by atoms with E-state index >= 15 is 0 Å². The number of benzene rings is 1. The van der Waals surface area contributed by atoms with Gasteiger partial charge in [0.1, 0.15) is 5.76 Å². The summed E-state index contributed by atoms with van der Waals surface area (Å²) in [6, 6.07) is 3.59. The van der Waals surface area contributed by atoms with Crippen molar-refractivity contribution in [1.82, 2.24) is 10.6 Å². The quantitative estimate of drug-likeness (QED) is 0.251. The van der Waals surface area contributed by atoms with Crippen molar-refractivity contribution in [1.29, 1.82) is 0 Å². The molecular weight excluding hydrogens is 429 g/mol. The van der Waals surface area contributed by atoms with Crippen LogP contribution in [0, 0.1) is 23.3 Å². The summed E-state index contributed by atoms with van der Waals surface area (Å²) in [5.41, 5.74) is -0.738. The summed E-state index contributed by atoms with van der Waals surface area (Å²) >= 11 is 0. The molecule has 0 aliphatic rings. The van der Waals surface area contributed by atoms with E-state index in [9.17, 15) is 17.6 Å². The van der Waals surface area contributed by atoms with Crippen LogP contribution in [0.15, 0.2) is 33.9 Å². The van der Waals surface area contributed by atoms with E-state index in [1.807, 2.05) is 0 Å². The van der Waals surface area contributed by atoms with Gasteiger partial charge in [-0.15, -0.1) is 24.0 Å². The lowest BCUT2D eigenvalue weighted by atomic mass is 10.2. The van der Waals surface area contributed by atoms with E-state index in [1.54, 1.807) is 12.1 Å². The molecule has 0 radical (unpaired) electrons. The smallest absolute Gasteiger partial charge is 0.191 e. The molecule has 126 valence electrons. The first-order valence-electron chi connectivity index (χ1n) is 6.31. The molecule has 0 aliphatic heterocycles. The largest absolute Gasteiger partial charge is 0.467 e. The van der Waals surface area contributed by atoms with Crippen LogP contribution in [0.1, 0.15) is 11.3 Å². The van der Waals surface area contributed by atoms with Gasteiger partial charge < -0.3 is 15.1 Å². The van der Waals surface area contributed by atoms with E-state index in [1.165, 1.54) is 13.3 Å². The fraction of sp³-hybridized carbons (Fsp3) is 0.214. The van der Waals surface area contributed by atoms with Crippen LogP contribution in [-0.4, -0.2) is 13.0 Å². The third-order valence-corrected chi connectivity index (χ3v) is 2.87. The summed E-state index contributed by atoms with van der Waals surface area (Å²) in [6.45, 7) is -0.181. The zero-order chi connectivity index (χ0) is 16.1. The molecule has 0 bridgehead atoms. The standard InChI is InChI=1S/C14H13F4N3O.HI/c1-19-14(20-6-8-3-2-4-22-8)21-7-9-12(17)10(15)5-11(16)13(9)18;/h2-5H,6-7H2,1H3,(H2,19,20,21);1H. The Hall–Kier alpha value is -1.78. The molecular formula is C14H14F4IN3O. The maximum Gasteiger partial charge on any atom is 0.191 e. The summed E-state index contributed by atoms with van der Waals surface area (Å²) in [4.78, 5) is 3.83. The second-order valence-corrected chi connectivity index (χ2v) is 4.31. The Morgan fingerprint density at radius 3 is 2.22 bits per heavy atom. The summed E-state index contributed by atoms with van der Waals surface area (Å²) in [5.74, 6) is -4.96. The zero-order valence-corrected chi connectivity index (χ0v) is 14.3. The van der Waals surface area contributed by atoms with E-state index in [2.05, 4.69) is 15.6 Å². The minimum atomic E-state index is -1.45. The van der Waals surface area contributed by atoms with Crippen LogP contribution in [0.25, 0.3) is 0 Å². The summed E-state index contributed by atoms with van der Waals surface area (Å²) in [7, 11) is 1.44. The van der Waals surface area contributed by atoms with Gasteiger partial charge in [-0.05, 0) is 12.1 Å². The van der Waals surface area contributed by atoms with Crippen molar-refractivity contribution in [3.05, 3.63) is 59.1 Å². The summed E-state index contributed by atoms with van der Waals surface area (Å²) < 4.78 is 58.3. The molecule has 0 unspecified atom stereocenters. The van der Waals surface area contributed by atoms with Crippen LogP contribution in [0.5, 0.6) is 0 Å². The van der Waals surface area contributed by atoms with Gasteiger partial charge in [-0.2, -0.15) is 0 Å². The summed E-state index contributed by atoms with van der Waals surface area (Å²) in [6.07, 6.45) is 1.49. The van der Waals surface area contributed by atoms with Crippen molar-refractivity contribution in [3.63, 3.8) is 0 Å². The van der Waals surface area contributed by atoms with Crippen LogP contribution in [-0.2, 0) is 13.1 Å². The highest BCUT2D eigenvalue weighted by Crippen LogP contribution is 2.18. The van der Waals surface area contributed by atoms with E-state index < -0.39 is 35.4 Å². The number of rotatable bonds is 4. The molecule has 1 aromatic carbocycles. The molecule has 23 heavy (non-hydrogen) atoms. The van der Waals surface area contributed by atoms with Crippen LogP contribution >= 0.6 is 24.0 Å². The lowest BCUT2D eigenvalue weighted by Crippen LogP contribution is -2.36. The molecule has 1 aromatic heterocycles. The lowest BCUT2D eigenvalue weighted by Gasteiger charge is -2.12. The average Bonchev–Trinajstić information content (AvgIpc) is 3.01. The maximum atomic E-state index is 13.5. The highest BCUT2D eigenvalue weighted by molar-refractivity contribution is 14.0. The Morgan fingerprint density at radius 1 is 1.09 bits per heavy atom.